The average Bonchev–Trinajstić information content (AvgIpc) is 3.02. The van der Waals surface area contributed by atoms with Gasteiger partial charge in [0.25, 0.3) is 10.1 Å². The number of phenols is 2. The van der Waals surface area contributed by atoms with Crippen LogP contribution in [-0.4, -0.2) is 64.5 Å². The van der Waals surface area contributed by atoms with Crippen molar-refractivity contribution in [1.82, 2.24) is 0 Å². The maximum absolute atomic E-state index is 12.4. The van der Waals surface area contributed by atoms with Crippen LogP contribution in [0.1, 0.15) is 13.8 Å². The lowest BCUT2D eigenvalue weighted by atomic mass is 10.1. The maximum atomic E-state index is 12.4. The molecule has 0 radical (unpaired) electrons. The summed E-state index contributed by atoms with van der Waals surface area (Å²) in [6.07, 6.45) is 0. The summed E-state index contributed by atoms with van der Waals surface area (Å²) in [5.41, 5.74) is 0.288. The third-order valence-electron chi connectivity index (χ3n) is 6.65. The quantitative estimate of drug-likeness (QED) is 0.100. The molecule has 0 aromatic heterocycles. The number of azo groups is 2. The van der Waals surface area contributed by atoms with Crippen molar-refractivity contribution in [3.63, 3.8) is 0 Å². The molecule has 46 heavy (non-hydrogen) atoms. The van der Waals surface area contributed by atoms with Crippen LogP contribution in [-0.2, 0) is 29.8 Å². The second-order valence-electron chi connectivity index (χ2n) is 9.59. The fraction of sp³-hybridized carbons (Fsp3) is 0.214. The highest BCUT2D eigenvalue weighted by atomic mass is 32.2. The van der Waals surface area contributed by atoms with Crippen LogP contribution in [0.2, 0.25) is 0 Å². The molecule has 244 valence electrons. The van der Waals surface area contributed by atoms with Gasteiger partial charge in [-0.05, 0) is 48.5 Å². The van der Waals surface area contributed by atoms with Gasteiger partial charge < -0.3 is 20.3 Å². The Morgan fingerprint density at radius 1 is 0.739 bits per heavy atom. The Bertz CT molecular complexity index is 2190. The molecular weight excluding hydrogens is 663 g/mol. The monoisotopic (exact) mass is 691 g/mol. The average molecular weight is 692 g/mol. The van der Waals surface area contributed by atoms with Crippen LogP contribution in [0, 0.1) is 0 Å². The first-order valence-corrected chi connectivity index (χ1v) is 18.3. The molecule has 0 saturated heterocycles. The zero-order valence-electron chi connectivity index (χ0n) is 24.6. The summed E-state index contributed by atoms with van der Waals surface area (Å²) >= 11 is 0. The third-order valence-corrected chi connectivity index (χ3v) is 10.7. The number of fused-ring (bicyclic) bond motifs is 1. The minimum absolute atomic E-state index is 0.0506. The number of hydrogen-bond acceptors (Lipinski definition) is 14. The molecule has 0 atom stereocenters. The number of hydrogen-bond donors (Lipinski definition) is 4. The van der Waals surface area contributed by atoms with Crippen LogP contribution in [0.3, 0.4) is 0 Å². The molecule has 0 aliphatic carbocycles. The number of methoxy groups -OCH3 is 1. The lowest BCUT2D eigenvalue weighted by molar-refractivity contribution is 0.399. The van der Waals surface area contributed by atoms with Crippen molar-refractivity contribution in [2.24, 2.45) is 20.5 Å². The van der Waals surface area contributed by atoms with Gasteiger partial charge in [0.1, 0.15) is 39.3 Å². The molecule has 0 fully saturated rings. The van der Waals surface area contributed by atoms with Gasteiger partial charge in [0.2, 0.25) is 0 Å². The molecule has 0 bridgehead atoms. The molecule has 15 nitrogen and oxygen atoms in total. The van der Waals surface area contributed by atoms with Gasteiger partial charge in [-0.15, -0.1) is 15.3 Å². The number of nitrogens with zero attached hydrogens (tertiary/aromatic N) is 4. The highest BCUT2D eigenvalue weighted by Crippen LogP contribution is 2.44. The van der Waals surface area contributed by atoms with Crippen LogP contribution in [0.25, 0.3) is 10.8 Å². The number of ether oxygens (including phenoxy) is 1. The third kappa shape index (κ3) is 7.58. The van der Waals surface area contributed by atoms with Gasteiger partial charge in [-0.1, -0.05) is 13.8 Å². The fourth-order valence-corrected chi connectivity index (χ4v) is 6.41. The molecule has 0 saturated carbocycles. The van der Waals surface area contributed by atoms with Gasteiger partial charge in [0.15, 0.2) is 25.4 Å². The highest BCUT2D eigenvalue weighted by molar-refractivity contribution is 7.91. The molecule has 0 spiro atoms. The van der Waals surface area contributed by atoms with E-state index >= 15 is 0 Å². The number of benzene rings is 4. The SMILES string of the molecule is CCS(=O)(=O)c1ccc(N=Nc2c(NCS(=O)(=O)O)ccc3c(O)c(N=Nc4cc(OC)c(S(=O)(=O)CC)cc4O)ccc23)cc1. The number of sulfone groups is 2. The molecule has 0 unspecified atom stereocenters. The van der Waals surface area contributed by atoms with E-state index in [1.807, 2.05) is 0 Å². The van der Waals surface area contributed by atoms with Crippen molar-refractivity contribution in [1.29, 1.82) is 0 Å². The largest absolute Gasteiger partial charge is 0.506 e. The summed E-state index contributed by atoms with van der Waals surface area (Å²) in [7, 11) is -10.3. The van der Waals surface area contributed by atoms with Crippen molar-refractivity contribution in [3.05, 3.63) is 60.7 Å². The summed E-state index contributed by atoms with van der Waals surface area (Å²) in [4.78, 5) is -0.112. The number of phenolic OH excluding ortho intramolecular Hbond substituents is 2. The second kappa shape index (κ2) is 13.4. The smallest absolute Gasteiger partial charge is 0.283 e. The molecule has 0 aliphatic rings. The molecule has 4 aromatic carbocycles. The van der Waals surface area contributed by atoms with E-state index in [-0.39, 0.29) is 72.0 Å². The van der Waals surface area contributed by atoms with E-state index < -0.39 is 41.4 Å². The van der Waals surface area contributed by atoms with E-state index in [0.29, 0.717) is 0 Å². The van der Waals surface area contributed by atoms with Crippen molar-refractivity contribution in [2.45, 2.75) is 23.6 Å². The van der Waals surface area contributed by atoms with Gasteiger partial charge in [0.05, 0.1) is 34.9 Å². The van der Waals surface area contributed by atoms with Crippen LogP contribution in [0.15, 0.2) is 90.9 Å². The Kier molecular flexibility index (Phi) is 9.95. The molecule has 0 amide bonds. The van der Waals surface area contributed by atoms with Gasteiger partial charge >= 0.3 is 0 Å². The van der Waals surface area contributed by atoms with E-state index in [1.165, 1.54) is 75.6 Å². The van der Waals surface area contributed by atoms with Crippen LogP contribution < -0.4 is 10.1 Å². The fourth-order valence-electron chi connectivity index (χ4n) is 4.14. The molecule has 0 heterocycles. The normalized spacial score (nSPS) is 12.7. The van der Waals surface area contributed by atoms with Crippen LogP contribution >= 0.6 is 0 Å². The van der Waals surface area contributed by atoms with Crippen molar-refractivity contribution < 1.29 is 44.8 Å². The number of anilines is 1. The molecular formula is C28H29N5O10S3. The lowest BCUT2D eigenvalue weighted by Crippen LogP contribution is -2.13. The van der Waals surface area contributed by atoms with E-state index in [1.54, 1.807) is 0 Å². The Hall–Kier alpha value is -4.65. The molecule has 4 rings (SSSR count). The summed E-state index contributed by atoms with van der Waals surface area (Å²) in [6.45, 7) is 2.97. The Morgan fingerprint density at radius 2 is 1.37 bits per heavy atom. The van der Waals surface area contributed by atoms with Gasteiger partial charge in [-0.2, -0.15) is 13.5 Å². The maximum Gasteiger partial charge on any atom is 0.283 e. The summed E-state index contributed by atoms with van der Waals surface area (Å²) in [5, 5.41) is 40.8. The molecule has 4 N–H and O–H groups in total. The second-order valence-corrected chi connectivity index (χ2v) is 15.6. The first-order chi connectivity index (χ1) is 21.6. The molecule has 0 aliphatic heterocycles. The summed E-state index contributed by atoms with van der Waals surface area (Å²) in [5.74, 6) is -2.08. The zero-order valence-corrected chi connectivity index (χ0v) is 27.1. The van der Waals surface area contributed by atoms with Crippen molar-refractivity contribution in [2.75, 3.05) is 29.8 Å². The Morgan fingerprint density at radius 3 is 1.98 bits per heavy atom. The molecule has 4 aromatic rings. The molecule has 18 heteroatoms. The van der Waals surface area contributed by atoms with E-state index in [9.17, 15) is 40.0 Å². The number of aromatic hydroxyl groups is 2. The zero-order chi connectivity index (χ0) is 33.9. The number of rotatable bonds is 12. The standard InChI is InChI=1S/C28H29N5O10S3/c1-4-44(36,37)18-8-6-17(7-9-18)30-33-27-19-10-13-22(28(35)20(19)11-12-21(27)29-16-46(40,41)42)31-32-23-14-25(43-3)26(15-24(23)34)45(38,39)5-2/h6-15,29,34-35H,4-5,16H2,1-3H3,(H,40,41,42). The predicted octanol–water partition coefficient (Wildman–Crippen LogP) is 5.93. The summed E-state index contributed by atoms with van der Waals surface area (Å²) < 4.78 is 86.2. The van der Waals surface area contributed by atoms with Crippen LogP contribution in [0.4, 0.5) is 28.4 Å². The van der Waals surface area contributed by atoms with Crippen molar-refractivity contribution >= 4 is 69.0 Å². The predicted molar refractivity (Wildman–Crippen MR) is 171 cm³/mol. The van der Waals surface area contributed by atoms with Gasteiger partial charge in [-0.3, -0.25) is 4.55 Å². The highest BCUT2D eigenvalue weighted by Gasteiger charge is 2.21. The lowest BCUT2D eigenvalue weighted by Gasteiger charge is -2.12. The van der Waals surface area contributed by atoms with Gasteiger partial charge in [-0.25, -0.2) is 16.8 Å². The Balaban J connectivity index is 1.77. The summed E-state index contributed by atoms with van der Waals surface area (Å²) in [6, 6.07) is 13.5. The van der Waals surface area contributed by atoms with Crippen LogP contribution in [0.5, 0.6) is 17.2 Å². The minimum atomic E-state index is -4.43. The van der Waals surface area contributed by atoms with Gasteiger partial charge in [0, 0.05) is 22.9 Å². The Labute approximate surface area is 264 Å². The van der Waals surface area contributed by atoms with E-state index in [2.05, 4.69) is 25.8 Å². The minimum Gasteiger partial charge on any atom is -0.506 e. The first-order valence-electron chi connectivity index (χ1n) is 13.4. The van der Waals surface area contributed by atoms with E-state index in [0.717, 1.165) is 6.07 Å². The topological polar surface area (TPSA) is 234 Å². The number of nitrogens with one attached hydrogen (secondary N) is 1. The first kappa shape index (κ1) is 34.2. The van der Waals surface area contributed by atoms with E-state index in [4.69, 9.17) is 4.74 Å². The van der Waals surface area contributed by atoms with Crippen molar-refractivity contribution in [3.8, 4) is 17.2 Å².